The van der Waals surface area contributed by atoms with Crippen molar-refractivity contribution in [2.45, 2.75) is 51.6 Å². The molecule has 29 heavy (non-hydrogen) atoms. The highest BCUT2D eigenvalue weighted by atomic mass is 16.5. The third kappa shape index (κ3) is 4.21. The minimum atomic E-state index is -0.350. The largest absolute Gasteiger partial charge is 0.478 e. The minimum Gasteiger partial charge on any atom is -0.478 e. The van der Waals surface area contributed by atoms with Gasteiger partial charge in [0.15, 0.2) is 11.8 Å². The number of hydrogen-bond acceptors (Lipinski definition) is 4. The molecule has 0 aromatic heterocycles. The summed E-state index contributed by atoms with van der Waals surface area (Å²) in [6, 6.07) is 21.3. The first kappa shape index (κ1) is 19.7. The molecule has 0 N–H and O–H groups in total. The summed E-state index contributed by atoms with van der Waals surface area (Å²) >= 11 is 0. The molecule has 0 bridgehead atoms. The molecule has 0 radical (unpaired) electrons. The molecule has 2 unspecified atom stereocenters. The van der Waals surface area contributed by atoms with Crippen molar-refractivity contribution < 1.29 is 9.47 Å². The van der Waals surface area contributed by atoms with Crippen LogP contribution in [0.1, 0.15) is 37.8 Å². The molecule has 4 nitrogen and oxygen atoms in total. The van der Waals surface area contributed by atoms with Crippen LogP contribution in [-0.4, -0.2) is 37.1 Å². The fraction of sp³-hybridized carbons (Fsp3) is 0.440. The molecule has 0 spiro atoms. The minimum absolute atomic E-state index is 0.159. The summed E-state index contributed by atoms with van der Waals surface area (Å²) in [5, 5.41) is 0. The first-order chi connectivity index (χ1) is 14.2. The Balaban J connectivity index is 1.51. The van der Waals surface area contributed by atoms with E-state index >= 15 is 0 Å². The lowest BCUT2D eigenvalue weighted by molar-refractivity contribution is 0.244. The van der Waals surface area contributed by atoms with E-state index in [2.05, 4.69) is 62.4 Å². The molecular weight excluding hydrogens is 360 g/mol. The lowest BCUT2D eigenvalue weighted by Gasteiger charge is -2.29. The van der Waals surface area contributed by atoms with Gasteiger partial charge in [-0.2, -0.15) is 0 Å². The van der Waals surface area contributed by atoms with Gasteiger partial charge in [-0.3, -0.25) is 0 Å². The summed E-state index contributed by atoms with van der Waals surface area (Å²) in [5.41, 5.74) is 2.24. The quantitative estimate of drug-likeness (QED) is 0.645. The average Bonchev–Trinajstić information content (AvgIpc) is 3.42. The zero-order chi connectivity index (χ0) is 20.1. The van der Waals surface area contributed by atoms with Gasteiger partial charge in [0.1, 0.15) is 18.6 Å². The van der Waals surface area contributed by atoms with E-state index in [0.717, 1.165) is 37.5 Å². The van der Waals surface area contributed by atoms with Crippen molar-refractivity contribution in [2.75, 3.05) is 13.2 Å². The Morgan fingerprint density at radius 1 is 0.724 bits per heavy atom. The topological polar surface area (TPSA) is 43.2 Å². The van der Waals surface area contributed by atoms with E-state index in [4.69, 9.17) is 19.5 Å². The number of hydrogen-bond donors (Lipinski definition) is 0. The smallest absolute Gasteiger partial charge is 0.199 e. The van der Waals surface area contributed by atoms with Crippen LogP contribution in [0, 0.1) is 5.41 Å². The van der Waals surface area contributed by atoms with Gasteiger partial charge in [-0.1, -0.05) is 74.5 Å². The summed E-state index contributed by atoms with van der Waals surface area (Å²) in [5.74, 6) is 1.62. The Labute approximate surface area is 173 Å². The van der Waals surface area contributed by atoms with E-state index in [0.29, 0.717) is 13.2 Å². The molecule has 2 aromatic rings. The number of rotatable bonds is 8. The third-order valence-corrected chi connectivity index (χ3v) is 6.08. The Morgan fingerprint density at radius 3 is 1.52 bits per heavy atom. The van der Waals surface area contributed by atoms with Crippen molar-refractivity contribution >= 4 is 11.8 Å². The molecule has 4 rings (SSSR count). The van der Waals surface area contributed by atoms with Crippen molar-refractivity contribution in [1.82, 2.24) is 0 Å². The van der Waals surface area contributed by atoms with Crippen LogP contribution in [-0.2, 0) is 22.3 Å². The van der Waals surface area contributed by atoms with Crippen LogP contribution in [0.5, 0.6) is 0 Å². The Hall–Kier alpha value is -2.62. The summed E-state index contributed by atoms with van der Waals surface area (Å²) < 4.78 is 12.3. The number of benzene rings is 2. The fourth-order valence-corrected chi connectivity index (χ4v) is 4.28. The molecule has 2 aromatic carbocycles. The van der Waals surface area contributed by atoms with Crippen LogP contribution >= 0.6 is 0 Å². The number of aliphatic imine (C=N–C) groups is 2. The highest BCUT2D eigenvalue weighted by Gasteiger charge is 2.46. The molecule has 0 amide bonds. The van der Waals surface area contributed by atoms with Crippen LogP contribution in [0.3, 0.4) is 0 Å². The zero-order valence-corrected chi connectivity index (χ0v) is 17.4. The predicted octanol–water partition coefficient (Wildman–Crippen LogP) is 4.87. The lowest BCUT2D eigenvalue weighted by atomic mass is 9.81. The zero-order valence-electron chi connectivity index (χ0n) is 17.4. The Bertz CT molecular complexity index is 787. The van der Waals surface area contributed by atoms with Gasteiger partial charge in [-0.15, -0.1) is 0 Å². The van der Waals surface area contributed by atoms with Crippen molar-refractivity contribution in [3.8, 4) is 0 Å². The summed E-state index contributed by atoms with van der Waals surface area (Å²) in [6.07, 6.45) is 3.55. The molecule has 2 aliphatic heterocycles. The molecule has 0 fully saturated rings. The normalized spacial score (nSPS) is 21.3. The van der Waals surface area contributed by atoms with Crippen LogP contribution in [0.2, 0.25) is 0 Å². The molecule has 4 heteroatoms. The molecule has 0 saturated heterocycles. The predicted molar refractivity (Wildman–Crippen MR) is 118 cm³/mol. The third-order valence-electron chi connectivity index (χ3n) is 6.08. The second-order valence-electron chi connectivity index (χ2n) is 7.97. The molecule has 152 valence electrons. The first-order valence-electron chi connectivity index (χ1n) is 10.7. The molecule has 2 heterocycles. The maximum Gasteiger partial charge on any atom is 0.199 e. The van der Waals surface area contributed by atoms with Crippen LogP contribution in [0.15, 0.2) is 70.6 Å². The van der Waals surface area contributed by atoms with Crippen molar-refractivity contribution in [2.24, 2.45) is 15.4 Å². The van der Waals surface area contributed by atoms with Crippen LogP contribution < -0.4 is 0 Å². The number of nitrogens with zero attached hydrogens (tertiary/aromatic N) is 2. The Kier molecular flexibility index (Phi) is 5.98. The van der Waals surface area contributed by atoms with E-state index < -0.39 is 0 Å². The highest BCUT2D eigenvalue weighted by molar-refractivity contribution is 6.06. The first-order valence-corrected chi connectivity index (χ1v) is 10.7. The average molecular weight is 391 g/mol. The van der Waals surface area contributed by atoms with Crippen molar-refractivity contribution in [1.29, 1.82) is 0 Å². The van der Waals surface area contributed by atoms with E-state index in [-0.39, 0.29) is 17.5 Å². The summed E-state index contributed by atoms with van der Waals surface area (Å²) in [6.45, 7) is 5.62. The lowest BCUT2D eigenvalue weighted by Crippen LogP contribution is -2.39. The van der Waals surface area contributed by atoms with Gasteiger partial charge in [-0.25, -0.2) is 9.98 Å². The second kappa shape index (κ2) is 8.81. The van der Waals surface area contributed by atoms with Gasteiger partial charge in [0, 0.05) is 0 Å². The summed E-state index contributed by atoms with van der Waals surface area (Å²) in [7, 11) is 0. The van der Waals surface area contributed by atoms with E-state index in [1.807, 2.05) is 12.1 Å². The van der Waals surface area contributed by atoms with Gasteiger partial charge in [0.25, 0.3) is 0 Å². The molecule has 2 aliphatic rings. The van der Waals surface area contributed by atoms with Crippen molar-refractivity contribution in [3.63, 3.8) is 0 Å². The Morgan fingerprint density at radius 2 is 1.14 bits per heavy atom. The SMILES string of the molecule is CCC(CC)(C1=NC(Cc2ccccc2)CO1)C1=NC(Cc2ccccc2)CO1. The monoisotopic (exact) mass is 390 g/mol. The van der Waals surface area contributed by atoms with E-state index in [9.17, 15) is 0 Å². The van der Waals surface area contributed by atoms with Gasteiger partial charge >= 0.3 is 0 Å². The highest BCUT2D eigenvalue weighted by Crippen LogP contribution is 2.36. The molecule has 2 atom stereocenters. The molecule has 0 aliphatic carbocycles. The fourth-order valence-electron chi connectivity index (χ4n) is 4.28. The molecule has 0 saturated carbocycles. The van der Waals surface area contributed by atoms with Crippen LogP contribution in [0.4, 0.5) is 0 Å². The van der Waals surface area contributed by atoms with Crippen molar-refractivity contribution in [3.05, 3.63) is 71.8 Å². The number of ether oxygens (including phenoxy) is 2. The van der Waals surface area contributed by atoms with E-state index in [1.165, 1.54) is 11.1 Å². The van der Waals surface area contributed by atoms with Gasteiger partial charge in [0.2, 0.25) is 0 Å². The molecular formula is C25H30N2O2. The van der Waals surface area contributed by atoms with Crippen LogP contribution in [0.25, 0.3) is 0 Å². The summed E-state index contributed by atoms with van der Waals surface area (Å²) in [4.78, 5) is 9.97. The van der Waals surface area contributed by atoms with Gasteiger partial charge in [0.05, 0.1) is 12.1 Å². The van der Waals surface area contributed by atoms with Gasteiger partial charge in [-0.05, 0) is 36.8 Å². The maximum atomic E-state index is 6.14. The maximum absolute atomic E-state index is 6.14. The standard InChI is InChI=1S/C25H30N2O2/c1-3-25(4-2,23-26-21(17-28-23)15-19-11-7-5-8-12-19)24-27-22(18-29-24)16-20-13-9-6-10-14-20/h5-14,21-22H,3-4,15-18H2,1-2H3. The van der Waals surface area contributed by atoms with Gasteiger partial charge < -0.3 is 9.47 Å². The van der Waals surface area contributed by atoms with E-state index in [1.54, 1.807) is 0 Å². The second-order valence-corrected chi connectivity index (χ2v) is 7.97.